The van der Waals surface area contributed by atoms with E-state index in [9.17, 15) is 5.21 Å². The maximum absolute atomic E-state index is 9.23. The Labute approximate surface area is 86.1 Å². The third kappa shape index (κ3) is 2.82. The fraction of sp³-hybridized carbons (Fsp3) is 0.500. The highest BCUT2D eigenvalue weighted by atomic mass is 16.5. The zero-order valence-corrected chi connectivity index (χ0v) is 9.41. The highest BCUT2D eigenvalue weighted by molar-refractivity contribution is 5.32. The van der Waals surface area contributed by atoms with Crippen LogP contribution in [0.15, 0.2) is 24.3 Å². The maximum Gasteiger partial charge on any atom is 0.0488 e. The van der Waals surface area contributed by atoms with Gasteiger partial charge in [0.15, 0.2) is 0 Å². The lowest BCUT2D eigenvalue weighted by molar-refractivity contribution is -0.0734. The molecule has 0 bridgehead atoms. The lowest BCUT2D eigenvalue weighted by Gasteiger charge is -2.23. The van der Waals surface area contributed by atoms with Crippen LogP contribution in [0, 0.1) is 0 Å². The van der Waals surface area contributed by atoms with E-state index in [0.29, 0.717) is 6.54 Å². The van der Waals surface area contributed by atoms with E-state index in [1.807, 2.05) is 12.1 Å². The SMILES string of the molecule is CN(O)Cc1ccccc1C(C)(C)C. The van der Waals surface area contributed by atoms with Gasteiger partial charge in [0, 0.05) is 13.6 Å². The lowest BCUT2D eigenvalue weighted by atomic mass is 9.84. The second-order valence-electron chi connectivity index (χ2n) is 4.72. The molecular formula is C12H19NO. The minimum Gasteiger partial charge on any atom is -0.314 e. The second-order valence-corrected chi connectivity index (χ2v) is 4.72. The van der Waals surface area contributed by atoms with Gasteiger partial charge >= 0.3 is 0 Å². The Bertz CT molecular complexity index is 299. The number of hydrogen-bond donors (Lipinski definition) is 1. The summed E-state index contributed by atoms with van der Waals surface area (Å²) < 4.78 is 0. The second kappa shape index (κ2) is 4.11. The van der Waals surface area contributed by atoms with E-state index in [1.165, 1.54) is 16.2 Å². The van der Waals surface area contributed by atoms with Crippen molar-refractivity contribution < 1.29 is 5.21 Å². The van der Waals surface area contributed by atoms with Crippen molar-refractivity contribution in [3.8, 4) is 0 Å². The molecule has 0 aliphatic heterocycles. The molecule has 0 amide bonds. The molecule has 0 aliphatic carbocycles. The summed E-state index contributed by atoms with van der Waals surface area (Å²) in [5.74, 6) is 0. The van der Waals surface area contributed by atoms with Crippen LogP contribution in [0.3, 0.4) is 0 Å². The maximum atomic E-state index is 9.23. The molecule has 78 valence electrons. The minimum atomic E-state index is 0.132. The van der Waals surface area contributed by atoms with E-state index in [4.69, 9.17) is 0 Å². The van der Waals surface area contributed by atoms with Gasteiger partial charge in [0.25, 0.3) is 0 Å². The predicted octanol–water partition coefficient (Wildman–Crippen LogP) is 2.81. The number of hydroxylamine groups is 2. The fourth-order valence-electron chi connectivity index (χ4n) is 1.64. The van der Waals surface area contributed by atoms with Crippen LogP contribution in [0.25, 0.3) is 0 Å². The molecule has 1 N–H and O–H groups in total. The lowest BCUT2D eigenvalue weighted by Crippen LogP contribution is -2.19. The summed E-state index contributed by atoms with van der Waals surface area (Å²) in [5.41, 5.74) is 2.61. The zero-order chi connectivity index (χ0) is 10.8. The molecule has 0 saturated heterocycles. The van der Waals surface area contributed by atoms with E-state index >= 15 is 0 Å². The molecule has 0 aliphatic rings. The molecule has 0 heterocycles. The van der Waals surface area contributed by atoms with Gasteiger partial charge in [-0.3, -0.25) is 0 Å². The van der Waals surface area contributed by atoms with E-state index in [-0.39, 0.29) is 5.41 Å². The molecule has 0 fully saturated rings. The van der Waals surface area contributed by atoms with E-state index in [1.54, 1.807) is 7.05 Å². The van der Waals surface area contributed by atoms with Crippen molar-refractivity contribution in [2.45, 2.75) is 32.7 Å². The van der Waals surface area contributed by atoms with Crippen LogP contribution in [0.2, 0.25) is 0 Å². The van der Waals surface area contributed by atoms with Crippen LogP contribution in [0.4, 0.5) is 0 Å². The van der Waals surface area contributed by atoms with Gasteiger partial charge < -0.3 is 5.21 Å². The summed E-state index contributed by atoms with van der Waals surface area (Å²) in [7, 11) is 1.67. The summed E-state index contributed by atoms with van der Waals surface area (Å²) in [6.45, 7) is 7.13. The van der Waals surface area contributed by atoms with Gasteiger partial charge in [-0.25, -0.2) is 0 Å². The first-order chi connectivity index (χ1) is 6.41. The molecule has 0 spiro atoms. The summed E-state index contributed by atoms with van der Waals surface area (Å²) in [6.07, 6.45) is 0. The predicted molar refractivity (Wildman–Crippen MR) is 58.4 cm³/mol. The first-order valence-corrected chi connectivity index (χ1v) is 4.89. The molecule has 1 aromatic rings. The molecule has 0 saturated carbocycles. The van der Waals surface area contributed by atoms with Crippen LogP contribution in [-0.2, 0) is 12.0 Å². The Morgan fingerprint density at radius 2 is 1.79 bits per heavy atom. The summed E-state index contributed by atoms with van der Waals surface area (Å²) in [5, 5.41) is 10.4. The van der Waals surface area contributed by atoms with Crippen molar-refractivity contribution in [2.75, 3.05) is 7.05 Å². The Balaban J connectivity index is 3.04. The smallest absolute Gasteiger partial charge is 0.0488 e. The highest BCUT2D eigenvalue weighted by Crippen LogP contribution is 2.26. The van der Waals surface area contributed by atoms with Crippen molar-refractivity contribution >= 4 is 0 Å². The van der Waals surface area contributed by atoms with Gasteiger partial charge in [-0.2, -0.15) is 5.06 Å². The molecule has 0 radical (unpaired) electrons. The van der Waals surface area contributed by atoms with Crippen LogP contribution in [0.1, 0.15) is 31.9 Å². The van der Waals surface area contributed by atoms with Crippen LogP contribution >= 0.6 is 0 Å². The Hall–Kier alpha value is -0.860. The van der Waals surface area contributed by atoms with Gasteiger partial charge in [-0.15, -0.1) is 0 Å². The number of hydrogen-bond acceptors (Lipinski definition) is 2. The fourth-order valence-corrected chi connectivity index (χ4v) is 1.64. The molecule has 2 nitrogen and oxygen atoms in total. The van der Waals surface area contributed by atoms with Crippen molar-refractivity contribution in [3.05, 3.63) is 35.4 Å². The van der Waals surface area contributed by atoms with Crippen LogP contribution in [0.5, 0.6) is 0 Å². The zero-order valence-electron chi connectivity index (χ0n) is 9.41. The van der Waals surface area contributed by atoms with Gasteiger partial charge in [0.2, 0.25) is 0 Å². The van der Waals surface area contributed by atoms with Gasteiger partial charge in [0.05, 0.1) is 0 Å². The third-order valence-electron chi connectivity index (χ3n) is 2.22. The van der Waals surface area contributed by atoms with Crippen molar-refractivity contribution in [2.24, 2.45) is 0 Å². The quantitative estimate of drug-likeness (QED) is 0.730. The normalized spacial score (nSPS) is 12.1. The standard InChI is InChI=1S/C12H19NO/c1-12(2,3)11-8-6-5-7-10(11)9-13(4)14/h5-8,14H,9H2,1-4H3. The summed E-state index contributed by atoms with van der Waals surface area (Å²) in [4.78, 5) is 0. The molecule has 0 unspecified atom stereocenters. The third-order valence-corrected chi connectivity index (χ3v) is 2.22. The number of nitrogens with zero attached hydrogens (tertiary/aromatic N) is 1. The highest BCUT2D eigenvalue weighted by Gasteiger charge is 2.17. The van der Waals surface area contributed by atoms with E-state index in [2.05, 4.69) is 32.9 Å². The van der Waals surface area contributed by atoms with Gasteiger partial charge in [-0.05, 0) is 16.5 Å². The molecule has 1 aromatic carbocycles. The van der Waals surface area contributed by atoms with Crippen LogP contribution in [-0.4, -0.2) is 17.3 Å². The topological polar surface area (TPSA) is 23.5 Å². The minimum absolute atomic E-state index is 0.132. The molecule has 0 aromatic heterocycles. The van der Waals surface area contributed by atoms with Gasteiger partial charge in [0.1, 0.15) is 0 Å². The first kappa shape index (κ1) is 11.2. The summed E-state index contributed by atoms with van der Waals surface area (Å²) in [6, 6.07) is 8.24. The Morgan fingerprint density at radius 3 is 2.29 bits per heavy atom. The Morgan fingerprint density at radius 1 is 1.21 bits per heavy atom. The molecule has 14 heavy (non-hydrogen) atoms. The van der Waals surface area contributed by atoms with E-state index < -0.39 is 0 Å². The van der Waals surface area contributed by atoms with E-state index in [0.717, 1.165) is 0 Å². The molecular weight excluding hydrogens is 174 g/mol. The van der Waals surface area contributed by atoms with Gasteiger partial charge in [-0.1, -0.05) is 45.0 Å². The summed E-state index contributed by atoms with van der Waals surface area (Å²) >= 11 is 0. The molecule has 0 atom stereocenters. The average Bonchev–Trinajstić information content (AvgIpc) is 2.01. The first-order valence-electron chi connectivity index (χ1n) is 4.89. The monoisotopic (exact) mass is 193 g/mol. The average molecular weight is 193 g/mol. The Kier molecular flexibility index (Phi) is 3.29. The van der Waals surface area contributed by atoms with Crippen molar-refractivity contribution in [1.82, 2.24) is 5.06 Å². The molecule has 1 rings (SSSR count). The largest absolute Gasteiger partial charge is 0.314 e. The van der Waals surface area contributed by atoms with Crippen LogP contribution < -0.4 is 0 Å². The number of rotatable bonds is 2. The van der Waals surface area contributed by atoms with Crippen molar-refractivity contribution in [3.63, 3.8) is 0 Å². The number of benzene rings is 1. The molecule has 2 heteroatoms. The van der Waals surface area contributed by atoms with Crippen molar-refractivity contribution in [1.29, 1.82) is 0 Å².